The normalized spacial score (nSPS) is 21.8. The number of piperidine rings is 1. The molecule has 9 nitrogen and oxygen atoms in total. The minimum absolute atomic E-state index is 0.0143. The molecule has 1 atom stereocenters. The Morgan fingerprint density at radius 2 is 1.88 bits per heavy atom. The highest BCUT2D eigenvalue weighted by atomic mass is 32.1. The Bertz CT molecular complexity index is 1510. The van der Waals surface area contributed by atoms with Crippen LogP contribution in [0.15, 0.2) is 29.1 Å². The van der Waals surface area contributed by atoms with Crippen LogP contribution in [0.3, 0.4) is 0 Å². The third kappa shape index (κ3) is 5.51. The van der Waals surface area contributed by atoms with Gasteiger partial charge in [0.25, 0.3) is 17.4 Å². The zero-order valence-electron chi connectivity index (χ0n) is 23.9. The van der Waals surface area contributed by atoms with Gasteiger partial charge in [0.2, 0.25) is 0 Å². The number of carbonyl (C=O) groups is 2. The standard InChI is InChI=1S/C31H38N4O5S/c1-20-25-27(36)32-21(2)33-28(25)41-26(20)30(38)34-15-12-31(13-16-34)11-5-6-17-39-18-22-8-7-14-35(22)29(37)23-9-3-4-10-24(23)40-19-31/h3-4,9-10,22H,5-8,11-19H2,1-2H3,(H,32,33,36)/t22-/m0/s1. The molecule has 2 fully saturated rings. The van der Waals surface area contributed by atoms with Gasteiger partial charge in [0.15, 0.2) is 0 Å². The molecule has 0 bridgehead atoms. The van der Waals surface area contributed by atoms with Gasteiger partial charge in [-0.15, -0.1) is 11.3 Å². The Balaban J connectivity index is 1.20. The fourth-order valence-electron chi connectivity index (χ4n) is 6.60. The molecule has 3 aliphatic heterocycles. The largest absolute Gasteiger partial charge is 0.492 e. The van der Waals surface area contributed by atoms with Crippen LogP contribution in [-0.4, -0.2) is 77.1 Å². The Labute approximate surface area is 243 Å². The van der Waals surface area contributed by atoms with Gasteiger partial charge < -0.3 is 24.3 Å². The summed E-state index contributed by atoms with van der Waals surface area (Å²) < 4.78 is 12.5. The van der Waals surface area contributed by atoms with Crippen LogP contribution in [0.4, 0.5) is 0 Å². The number of carbonyl (C=O) groups excluding carboxylic acids is 2. The summed E-state index contributed by atoms with van der Waals surface area (Å²) >= 11 is 1.30. The Hall–Kier alpha value is -3.24. The maximum Gasteiger partial charge on any atom is 0.264 e. The van der Waals surface area contributed by atoms with Crippen molar-refractivity contribution in [2.45, 2.75) is 64.8 Å². The molecule has 1 aromatic carbocycles. The topological polar surface area (TPSA) is 105 Å². The molecule has 1 spiro atoms. The summed E-state index contributed by atoms with van der Waals surface area (Å²) in [6.45, 7) is 7.34. The van der Waals surface area contributed by atoms with E-state index in [0.29, 0.717) is 70.7 Å². The quantitative estimate of drug-likeness (QED) is 0.449. The van der Waals surface area contributed by atoms with Crippen LogP contribution < -0.4 is 10.3 Å². The van der Waals surface area contributed by atoms with Crippen LogP contribution in [0, 0.1) is 19.3 Å². The van der Waals surface area contributed by atoms with E-state index in [4.69, 9.17) is 9.47 Å². The third-order valence-corrected chi connectivity index (χ3v) is 10.2. The fourth-order valence-corrected chi connectivity index (χ4v) is 7.80. The van der Waals surface area contributed by atoms with Gasteiger partial charge in [0.05, 0.1) is 35.1 Å². The molecule has 2 saturated heterocycles. The number of benzene rings is 1. The zero-order valence-corrected chi connectivity index (χ0v) is 24.7. The van der Waals surface area contributed by atoms with Crippen molar-refractivity contribution in [3.05, 3.63) is 56.4 Å². The van der Waals surface area contributed by atoms with Gasteiger partial charge >= 0.3 is 0 Å². The number of amides is 2. The average Bonchev–Trinajstić information content (AvgIpc) is 3.57. The molecule has 10 heteroatoms. The lowest BCUT2D eigenvalue weighted by molar-refractivity contribution is 0.0305. The number of nitrogens with one attached hydrogen (secondary N) is 1. The van der Waals surface area contributed by atoms with E-state index in [2.05, 4.69) is 9.97 Å². The minimum atomic E-state index is -0.197. The summed E-state index contributed by atoms with van der Waals surface area (Å²) in [5, 5.41) is 0.507. The number of H-pyrrole nitrogens is 1. The third-order valence-electron chi connectivity index (χ3n) is 9.07. The van der Waals surface area contributed by atoms with Crippen molar-refractivity contribution >= 4 is 33.4 Å². The van der Waals surface area contributed by atoms with Gasteiger partial charge in [-0.3, -0.25) is 14.4 Å². The number of aromatic amines is 1. The van der Waals surface area contributed by atoms with Crippen molar-refractivity contribution < 1.29 is 19.1 Å². The highest BCUT2D eigenvalue weighted by molar-refractivity contribution is 7.20. The second kappa shape index (κ2) is 11.6. The molecule has 0 aliphatic carbocycles. The number of nitrogens with zero attached hydrogens (tertiary/aromatic N) is 3. The predicted octanol–water partition coefficient (Wildman–Crippen LogP) is 4.71. The van der Waals surface area contributed by atoms with Gasteiger partial charge in [-0.05, 0) is 70.1 Å². The van der Waals surface area contributed by atoms with Crippen LogP contribution in [0.2, 0.25) is 0 Å². The van der Waals surface area contributed by atoms with Crippen molar-refractivity contribution in [2.24, 2.45) is 5.41 Å². The summed E-state index contributed by atoms with van der Waals surface area (Å²) in [4.78, 5) is 52.0. The molecule has 0 saturated carbocycles. The Morgan fingerprint density at radius 3 is 2.71 bits per heavy atom. The SMILES string of the molecule is Cc1nc2sc(C(=O)N3CCC4(CCCCOC[C@@H]5CCCN5C(=O)c5ccccc5OC4)CC3)c(C)c2c(=O)[nH]1. The molecule has 5 heterocycles. The number of fused-ring (bicyclic) bond motifs is 3. The van der Waals surface area contributed by atoms with Gasteiger partial charge in [-0.1, -0.05) is 18.6 Å². The Kier molecular flexibility index (Phi) is 7.87. The second-order valence-electron chi connectivity index (χ2n) is 11.8. The van der Waals surface area contributed by atoms with Crippen LogP contribution >= 0.6 is 11.3 Å². The molecule has 1 N–H and O–H groups in total. The molecular weight excluding hydrogens is 540 g/mol. The number of rotatable bonds is 1. The lowest BCUT2D eigenvalue weighted by Crippen LogP contribution is -2.45. The second-order valence-corrected chi connectivity index (χ2v) is 12.8. The molecule has 2 aromatic heterocycles. The fraction of sp³-hybridized carbons (Fsp3) is 0.548. The van der Waals surface area contributed by atoms with Crippen molar-refractivity contribution in [3.63, 3.8) is 0 Å². The molecule has 0 radical (unpaired) electrons. The molecule has 218 valence electrons. The number of hydrogen-bond donors (Lipinski definition) is 1. The number of para-hydroxylation sites is 1. The summed E-state index contributed by atoms with van der Waals surface area (Å²) in [6.07, 6.45) is 6.55. The summed E-state index contributed by atoms with van der Waals surface area (Å²) in [6, 6.07) is 7.69. The first-order valence-electron chi connectivity index (χ1n) is 14.8. The number of hydrogen-bond acceptors (Lipinski definition) is 7. The van der Waals surface area contributed by atoms with Crippen molar-refractivity contribution in [2.75, 3.05) is 39.5 Å². The van der Waals surface area contributed by atoms with Gasteiger partial charge in [-0.25, -0.2) is 4.98 Å². The average molecular weight is 579 g/mol. The summed E-state index contributed by atoms with van der Waals surface area (Å²) in [5.74, 6) is 1.16. The van der Waals surface area contributed by atoms with Crippen LogP contribution in [0.1, 0.15) is 76.4 Å². The maximum absolute atomic E-state index is 13.6. The molecule has 3 aliphatic rings. The van der Waals surface area contributed by atoms with Crippen LogP contribution in [0.25, 0.3) is 10.2 Å². The van der Waals surface area contributed by atoms with Crippen LogP contribution in [-0.2, 0) is 4.74 Å². The van der Waals surface area contributed by atoms with E-state index >= 15 is 0 Å². The molecular formula is C31H38N4O5S. The number of thiophene rings is 1. The van der Waals surface area contributed by atoms with Gasteiger partial charge in [0.1, 0.15) is 16.4 Å². The van der Waals surface area contributed by atoms with E-state index in [1.54, 1.807) is 6.92 Å². The van der Waals surface area contributed by atoms with Crippen LogP contribution in [0.5, 0.6) is 5.75 Å². The number of aryl methyl sites for hydroxylation is 2. The van der Waals surface area contributed by atoms with Gasteiger partial charge in [-0.2, -0.15) is 0 Å². The highest BCUT2D eigenvalue weighted by Crippen LogP contribution is 2.39. The van der Waals surface area contributed by atoms with E-state index in [0.717, 1.165) is 51.5 Å². The lowest BCUT2D eigenvalue weighted by atomic mass is 9.75. The first kappa shape index (κ1) is 27.9. The maximum atomic E-state index is 13.6. The van der Waals surface area contributed by atoms with E-state index < -0.39 is 0 Å². The van der Waals surface area contributed by atoms with Gasteiger partial charge in [0, 0.05) is 31.7 Å². The van der Waals surface area contributed by atoms with E-state index in [9.17, 15) is 14.4 Å². The number of likely N-dealkylation sites (tertiary alicyclic amines) is 1. The molecule has 3 aromatic rings. The number of ether oxygens (including phenoxy) is 2. The molecule has 6 rings (SSSR count). The smallest absolute Gasteiger partial charge is 0.264 e. The van der Waals surface area contributed by atoms with E-state index in [1.807, 2.05) is 41.0 Å². The lowest BCUT2D eigenvalue weighted by Gasteiger charge is -2.42. The zero-order chi connectivity index (χ0) is 28.6. The summed E-state index contributed by atoms with van der Waals surface area (Å²) in [7, 11) is 0. The van der Waals surface area contributed by atoms with Crippen molar-refractivity contribution in [1.29, 1.82) is 0 Å². The van der Waals surface area contributed by atoms with E-state index in [1.165, 1.54) is 11.3 Å². The Morgan fingerprint density at radius 1 is 1.07 bits per heavy atom. The van der Waals surface area contributed by atoms with E-state index in [-0.39, 0.29) is 28.8 Å². The minimum Gasteiger partial charge on any atom is -0.492 e. The molecule has 0 unspecified atom stereocenters. The van der Waals surface area contributed by atoms with Crippen molar-refractivity contribution in [1.82, 2.24) is 19.8 Å². The first-order chi connectivity index (χ1) is 19.8. The summed E-state index contributed by atoms with van der Waals surface area (Å²) in [5.41, 5.74) is 1.01. The van der Waals surface area contributed by atoms with Crippen molar-refractivity contribution in [3.8, 4) is 5.75 Å². The highest BCUT2D eigenvalue weighted by Gasteiger charge is 2.38. The first-order valence-corrected chi connectivity index (χ1v) is 15.6. The monoisotopic (exact) mass is 578 g/mol. The predicted molar refractivity (Wildman–Crippen MR) is 158 cm³/mol. The molecule has 2 amide bonds. The number of aromatic nitrogens is 2. The molecule has 41 heavy (non-hydrogen) atoms.